The highest BCUT2D eigenvalue weighted by Crippen LogP contribution is 2.24. The van der Waals surface area contributed by atoms with Crippen molar-refractivity contribution >= 4 is 28.4 Å². The first-order valence-corrected chi connectivity index (χ1v) is 11.7. The summed E-state index contributed by atoms with van der Waals surface area (Å²) < 4.78 is 3.73. The Labute approximate surface area is 205 Å². The number of aromatic nitrogens is 3. The Balaban J connectivity index is 1.58. The zero-order chi connectivity index (χ0) is 24.2. The summed E-state index contributed by atoms with van der Waals surface area (Å²) in [5, 5.41) is 18.0. The van der Waals surface area contributed by atoms with Crippen LogP contribution in [0.2, 0.25) is 0 Å². The third-order valence-electron chi connectivity index (χ3n) is 5.38. The van der Waals surface area contributed by atoms with Crippen LogP contribution in [0.25, 0.3) is 16.9 Å². The maximum atomic E-state index is 11.1. The number of hydrogen-bond donors (Lipinski definition) is 0. The summed E-state index contributed by atoms with van der Waals surface area (Å²) in [4.78, 5) is 20.2. The van der Waals surface area contributed by atoms with Crippen LogP contribution in [0.4, 0.5) is 11.4 Å². The van der Waals surface area contributed by atoms with E-state index in [0.29, 0.717) is 4.80 Å². The lowest BCUT2D eigenvalue weighted by Gasteiger charge is -2.08. The highest BCUT2D eigenvalue weighted by molar-refractivity contribution is 7.07. The summed E-state index contributed by atoms with van der Waals surface area (Å²) in [6, 6.07) is 24.2. The molecule has 0 bridgehead atoms. The SMILES string of the molecule is CC(=Nn1c(-c2ccc([N+](=O)[O-])cc2)csc1=Nc1ccccc1)c1ccc(-n2ccnc2)cc1. The van der Waals surface area contributed by atoms with Crippen molar-refractivity contribution in [1.29, 1.82) is 0 Å². The Morgan fingerprint density at radius 3 is 2.40 bits per heavy atom. The summed E-state index contributed by atoms with van der Waals surface area (Å²) in [6.45, 7) is 1.95. The molecule has 0 aliphatic carbocycles. The maximum Gasteiger partial charge on any atom is 0.269 e. The summed E-state index contributed by atoms with van der Waals surface area (Å²) >= 11 is 1.46. The van der Waals surface area contributed by atoms with Gasteiger partial charge in [0.1, 0.15) is 0 Å². The fourth-order valence-corrected chi connectivity index (χ4v) is 4.38. The van der Waals surface area contributed by atoms with Gasteiger partial charge in [-0.15, -0.1) is 11.3 Å². The van der Waals surface area contributed by atoms with Crippen molar-refractivity contribution in [2.75, 3.05) is 0 Å². The number of para-hydroxylation sites is 1. The van der Waals surface area contributed by atoms with E-state index in [4.69, 9.17) is 10.1 Å². The van der Waals surface area contributed by atoms with Crippen LogP contribution in [0.5, 0.6) is 0 Å². The lowest BCUT2D eigenvalue weighted by atomic mass is 10.1. The van der Waals surface area contributed by atoms with E-state index in [0.717, 1.165) is 33.9 Å². The molecule has 0 amide bonds. The van der Waals surface area contributed by atoms with Crippen LogP contribution in [-0.4, -0.2) is 24.9 Å². The number of rotatable bonds is 6. The number of nitro benzene ring substituents is 1. The van der Waals surface area contributed by atoms with E-state index in [-0.39, 0.29) is 5.69 Å². The molecule has 9 heteroatoms. The van der Waals surface area contributed by atoms with Gasteiger partial charge in [-0.2, -0.15) is 5.10 Å². The van der Waals surface area contributed by atoms with Crippen molar-refractivity contribution in [3.63, 3.8) is 0 Å². The molecule has 0 saturated carbocycles. The molecule has 5 rings (SSSR count). The topological polar surface area (TPSA) is 90.6 Å². The van der Waals surface area contributed by atoms with Gasteiger partial charge in [0.05, 0.1) is 28.3 Å². The van der Waals surface area contributed by atoms with Crippen LogP contribution in [-0.2, 0) is 0 Å². The molecule has 3 aromatic carbocycles. The zero-order valence-electron chi connectivity index (χ0n) is 18.7. The minimum Gasteiger partial charge on any atom is -0.306 e. The summed E-state index contributed by atoms with van der Waals surface area (Å²) in [7, 11) is 0. The van der Waals surface area contributed by atoms with Crippen LogP contribution in [0.1, 0.15) is 12.5 Å². The van der Waals surface area contributed by atoms with E-state index in [1.165, 1.54) is 23.5 Å². The van der Waals surface area contributed by atoms with Gasteiger partial charge < -0.3 is 4.57 Å². The number of non-ortho nitro benzene ring substituents is 1. The smallest absolute Gasteiger partial charge is 0.269 e. The third-order valence-corrected chi connectivity index (χ3v) is 6.19. The maximum absolute atomic E-state index is 11.1. The number of benzene rings is 3. The Morgan fingerprint density at radius 1 is 1.00 bits per heavy atom. The van der Waals surface area contributed by atoms with Crippen molar-refractivity contribution in [2.45, 2.75) is 6.92 Å². The predicted molar refractivity (Wildman–Crippen MR) is 137 cm³/mol. The van der Waals surface area contributed by atoms with E-state index >= 15 is 0 Å². The normalized spacial score (nSPS) is 12.1. The predicted octanol–water partition coefficient (Wildman–Crippen LogP) is 5.82. The standard InChI is InChI=1S/C26H20N6O2S/c1-19(20-7-11-23(12-8-20)30-16-15-27-18-30)29-31-25(21-9-13-24(14-10-21)32(33)34)17-35-26(31)28-22-5-3-2-4-6-22/h2-18H,1H3. The summed E-state index contributed by atoms with van der Waals surface area (Å²) in [6.07, 6.45) is 5.39. The second-order valence-corrected chi connectivity index (χ2v) is 8.51. The summed E-state index contributed by atoms with van der Waals surface area (Å²) in [5.41, 5.74) is 5.25. The molecule has 0 aliphatic rings. The molecule has 0 aliphatic heterocycles. The first-order valence-electron chi connectivity index (χ1n) is 10.8. The van der Waals surface area contributed by atoms with Crippen LogP contribution in [0, 0.1) is 10.1 Å². The fraction of sp³-hybridized carbons (Fsp3) is 0.0385. The number of nitrogens with zero attached hydrogens (tertiary/aromatic N) is 6. The molecule has 8 nitrogen and oxygen atoms in total. The molecule has 35 heavy (non-hydrogen) atoms. The van der Waals surface area contributed by atoms with Gasteiger partial charge in [-0.05, 0) is 48.9 Å². The molecular formula is C26H20N6O2S. The molecule has 0 fully saturated rings. The molecule has 2 aromatic heterocycles. The highest BCUT2D eigenvalue weighted by Gasteiger charge is 2.12. The largest absolute Gasteiger partial charge is 0.306 e. The van der Waals surface area contributed by atoms with Crippen molar-refractivity contribution in [3.8, 4) is 16.9 Å². The zero-order valence-corrected chi connectivity index (χ0v) is 19.5. The second-order valence-electron chi connectivity index (χ2n) is 7.67. The van der Waals surface area contributed by atoms with Gasteiger partial charge >= 0.3 is 0 Å². The molecule has 5 aromatic rings. The molecule has 172 valence electrons. The Bertz CT molecular complexity index is 1550. The van der Waals surface area contributed by atoms with Crippen molar-refractivity contribution < 1.29 is 4.92 Å². The van der Waals surface area contributed by atoms with Gasteiger partial charge in [0.15, 0.2) is 0 Å². The minimum atomic E-state index is -0.405. The lowest BCUT2D eigenvalue weighted by Crippen LogP contribution is -2.13. The highest BCUT2D eigenvalue weighted by atomic mass is 32.1. The molecule has 0 N–H and O–H groups in total. The molecule has 0 radical (unpaired) electrons. The first kappa shape index (κ1) is 22.2. The van der Waals surface area contributed by atoms with Crippen LogP contribution in [0.3, 0.4) is 0 Å². The number of hydrogen-bond acceptors (Lipinski definition) is 6. The second kappa shape index (κ2) is 9.70. The Hall–Kier alpha value is -4.63. The molecule has 0 unspecified atom stereocenters. The monoisotopic (exact) mass is 480 g/mol. The van der Waals surface area contributed by atoms with Gasteiger partial charge in [-0.25, -0.2) is 14.7 Å². The van der Waals surface area contributed by atoms with E-state index in [2.05, 4.69) is 4.98 Å². The minimum absolute atomic E-state index is 0.0439. The van der Waals surface area contributed by atoms with Gasteiger partial charge in [0, 0.05) is 41.2 Å². The van der Waals surface area contributed by atoms with Crippen molar-refractivity contribution in [2.24, 2.45) is 10.1 Å². The van der Waals surface area contributed by atoms with Crippen LogP contribution < -0.4 is 4.80 Å². The number of nitro groups is 1. The summed E-state index contributed by atoms with van der Waals surface area (Å²) in [5.74, 6) is 0. The van der Waals surface area contributed by atoms with E-state index in [1.54, 1.807) is 29.3 Å². The van der Waals surface area contributed by atoms with Crippen molar-refractivity contribution in [3.05, 3.63) is 123 Å². The van der Waals surface area contributed by atoms with E-state index < -0.39 is 4.92 Å². The Kier molecular flexibility index (Phi) is 6.15. The van der Waals surface area contributed by atoms with E-state index in [1.807, 2.05) is 77.7 Å². The van der Waals surface area contributed by atoms with E-state index in [9.17, 15) is 10.1 Å². The van der Waals surface area contributed by atoms with Gasteiger partial charge in [0.25, 0.3) is 5.69 Å². The first-order chi connectivity index (χ1) is 17.1. The van der Waals surface area contributed by atoms with Crippen LogP contribution >= 0.6 is 11.3 Å². The van der Waals surface area contributed by atoms with Gasteiger partial charge in [-0.1, -0.05) is 30.3 Å². The molecule has 0 spiro atoms. The molecule has 0 saturated heterocycles. The van der Waals surface area contributed by atoms with Gasteiger partial charge in [-0.3, -0.25) is 10.1 Å². The molecule has 0 atom stereocenters. The van der Waals surface area contributed by atoms with Crippen LogP contribution in [0.15, 0.2) is 113 Å². The average molecular weight is 481 g/mol. The van der Waals surface area contributed by atoms with Gasteiger partial charge in [0.2, 0.25) is 4.80 Å². The Morgan fingerprint density at radius 2 is 1.74 bits per heavy atom. The van der Waals surface area contributed by atoms with Crippen molar-refractivity contribution in [1.82, 2.24) is 14.2 Å². The quantitative estimate of drug-likeness (QED) is 0.174. The molecular weight excluding hydrogens is 460 g/mol. The average Bonchev–Trinajstić information content (AvgIpc) is 3.56. The fourth-order valence-electron chi connectivity index (χ4n) is 3.53. The number of imidazole rings is 1. The molecule has 2 heterocycles. The third kappa shape index (κ3) is 4.85. The lowest BCUT2D eigenvalue weighted by molar-refractivity contribution is -0.384. The number of thiazole rings is 1.